The number of hydrogen-bond donors (Lipinski definition) is 2. The Bertz CT molecular complexity index is 541. The van der Waals surface area contributed by atoms with Gasteiger partial charge in [-0.25, -0.2) is 13.1 Å². The summed E-state index contributed by atoms with van der Waals surface area (Å²) < 4.78 is 33.3. The van der Waals surface area contributed by atoms with E-state index in [1.54, 1.807) is 6.07 Å². The van der Waals surface area contributed by atoms with Gasteiger partial charge in [0.05, 0.1) is 9.39 Å². The first-order chi connectivity index (χ1) is 9.22. The van der Waals surface area contributed by atoms with Crippen molar-refractivity contribution in [2.24, 2.45) is 0 Å². The molecule has 0 spiro atoms. The van der Waals surface area contributed by atoms with Crippen LogP contribution in [-0.4, -0.2) is 34.2 Å². The summed E-state index contributed by atoms with van der Waals surface area (Å²) in [6.45, 7) is 7.01. The van der Waals surface area contributed by atoms with E-state index < -0.39 is 15.6 Å². The van der Waals surface area contributed by atoms with Crippen LogP contribution in [0.15, 0.2) is 14.7 Å². The minimum Gasteiger partial charge on any atom is -0.375 e. The summed E-state index contributed by atoms with van der Waals surface area (Å²) >= 11 is 4.73. The summed E-state index contributed by atoms with van der Waals surface area (Å²) in [5.41, 5.74) is -0.530. The van der Waals surface area contributed by atoms with Gasteiger partial charge in [0.1, 0.15) is 4.90 Å². The van der Waals surface area contributed by atoms with E-state index in [4.69, 9.17) is 4.74 Å². The van der Waals surface area contributed by atoms with Crippen LogP contribution in [0, 0.1) is 0 Å². The van der Waals surface area contributed by atoms with Gasteiger partial charge in [-0.2, -0.15) is 0 Å². The maximum atomic E-state index is 12.3. The van der Waals surface area contributed by atoms with Crippen molar-refractivity contribution in [2.75, 3.05) is 20.2 Å². The van der Waals surface area contributed by atoms with Crippen molar-refractivity contribution in [3.05, 3.63) is 14.7 Å². The fraction of sp³-hybridized carbons (Fsp3) is 0.667. The summed E-state index contributed by atoms with van der Waals surface area (Å²) in [5.74, 6) is 0. The van der Waals surface area contributed by atoms with E-state index in [9.17, 15) is 8.42 Å². The zero-order chi connectivity index (χ0) is 15.4. The Labute approximate surface area is 133 Å². The fourth-order valence-electron chi connectivity index (χ4n) is 1.63. The van der Waals surface area contributed by atoms with Crippen LogP contribution >= 0.6 is 27.3 Å². The summed E-state index contributed by atoms with van der Waals surface area (Å²) in [7, 11) is -1.71. The van der Waals surface area contributed by atoms with Crippen LogP contribution in [0.25, 0.3) is 0 Å². The fourth-order valence-corrected chi connectivity index (χ4v) is 5.52. The molecular weight excluding hydrogens is 364 g/mol. The molecule has 0 aliphatic rings. The first-order valence-electron chi connectivity index (χ1n) is 6.28. The number of halogens is 1. The molecule has 1 heterocycles. The highest BCUT2D eigenvalue weighted by Gasteiger charge is 2.25. The molecule has 0 fully saturated rings. The van der Waals surface area contributed by atoms with Crippen molar-refractivity contribution < 1.29 is 13.2 Å². The van der Waals surface area contributed by atoms with E-state index in [1.165, 1.54) is 11.3 Å². The molecule has 116 valence electrons. The van der Waals surface area contributed by atoms with Crippen LogP contribution in [0.1, 0.15) is 25.6 Å². The summed E-state index contributed by atoms with van der Waals surface area (Å²) in [6, 6.07) is 1.68. The Balaban J connectivity index is 2.83. The van der Waals surface area contributed by atoms with E-state index >= 15 is 0 Å². The Hall–Kier alpha value is 0.01000. The Morgan fingerprint density at radius 1 is 1.45 bits per heavy atom. The predicted molar refractivity (Wildman–Crippen MR) is 85.7 cm³/mol. The first kappa shape index (κ1) is 18.1. The second-order valence-corrected chi connectivity index (χ2v) is 9.09. The van der Waals surface area contributed by atoms with Crippen molar-refractivity contribution in [1.82, 2.24) is 10.0 Å². The summed E-state index contributed by atoms with van der Waals surface area (Å²) in [5, 5.41) is 3.00. The lowest BCUT2D eigenvalue weighted by molar-refractivity contribution is -0.00515. The van der Waals surface area contributed by atoms with Gasteiger partial charge >= 0.3 is 0 Å². The van der Waals surface area contributed by atoms with Crippen LogP contribution in [-0.2, 0) is 21.3 Å². The molecule has 0 atom stereocenters. The number of hydrogen-bond acceptors (Lipinski definition) is 5. The van der Waals surface area contributed by atoms with Crippen molar-refractivity contribution in [2.45, 2.75) is 37.8 Å². The van der Waals surface area contributed by atoms with Crippen LogP contribution < -0.4 is 10.0 Å². The van der Waals surface area contributed by atoms with E-state index in [1.807, 2.05) is 27.8 Å². The van der Waals surface area contributed by atoms with Gasteiger partial charge in [-0.3, -0.25) is 0 Å². The Kier molecular flexibility index (Phi) is 6.62. The lowest BCUT2D eigenvalue weighted by Gasteiger charge is -2.24. The molecule has 1 aromatic rings. The second kappa shape index (κ2) is 7.33. The van der Waals surface area contributed by atoms with Crippen molar-refractivity contribution in [3.8, 4) is 0 Å². The third-order valence-electron chi connectivity index (χ3n) is 2.57. The SMILES string of the molecule is CCOC(C)(C)CNS(=O)(=O)c1cc(CNC)sc1Br. The monoisotopic (exact) mass is 384 g/mol. The molecule has 0 unspecified atom stereocenters. The summed E-state index contributed by atoms with van der Waals surface area (Å²) in [4.78, 5) is 1.24. The molecule has 0 bridgehead atoms. The van der Waals surface area contributed by atoms with Crippen LogP contribution in [0.4, 0.5) is 0 Å². The van der Waals surface area contributed by atoms with Gasteiger partial charge in [-0.15, -0.1) is 11.3 Å². The minimum absolute atomic E-state index is 0.229. The highest BCUT2D eigenvalue weighted by molar-refractivity contribution is 9.11. The molecule has 0 saturated carbocycles. The van der Waals surface area contributed by atoms with E-state index in [0.29, 0.717) is 16.9 Å². The standard InChI is InChI=1S/C12H21BrN2O3S2/c1-5-18-12(2,3)8-15-20(16,17)10-6-9(7-14-4)19-11(10)13/h6,14-15H,5,7-8H2,1-4H3. The molecule has 0 aliphatic carbocycles. The van der Waals surface area contributed by atoms with E-state index in [-0.39, 0.29) is 11.4 Å². The Morgan fingerprint density at radius 3 is 2.65 bits per heavy atom. The van der Waals surface area contributed by atoms with Gasteiger partial charge in [0.25, 0.3) is 0 Å². The normalized spacial score (nSPS) is 12.8. The van der Waals surface area contributed by atoms with Crippen molar-refractivity contribution in [3.63, 3.8) is 0 Å². The van der Waals surface area contributed by atoms with Crippen LogP contribution in [0.5, 0.6) is 0 Å². The lowest BCUT2D eigenvalue weighted by atomic mass is 10.1. The van der Waals surface area contributed by atoms with Crippen LogP contribution in [0.3, 0.4) is 0 Å². The molecule has 2 N–H and O–H groups in total. The quantitative estimate of drug-likeness (QED) is 0.721. The molecule has 1 aromatic heterocycles. The van der Waals surface area contributed by atoms with E-state index in [2.05, 4.69) is 26.0 Å². The van der Waals surface area contributed by atoms with Gasteiger partial charge in [0, 0.05) is 24.6 Å². The van der Waals surface area contributed by atoms with Gasteiger partial charge in [-0.1, -0.05) is 0 Å². The molecule has 20 heavy (non-hydrogen) atoms. The average molecular weight is 385 g/mol. The third-order valence-corrected chi connectivity index (χ3v) is 6.22. The minimum atomic E-state index is -3.53. The highest BCUT2D eigenvalue weighted by atomic mass is 79.9. The number of thiophene rings is 1. The molecule has 1 rings (SSSR count). The number of nitrogens with one attached hydrogen (secondary N) is 2. The Morgan fingerprint density at radius 2 is 2.10 bits per heavy atom. The predicted octanol–water partition coefficient (Wildman–Crippen LogP) is 2.32. The third kappa shape index (κ3) is 5.09. The molecule has 8 heteroatoms. The average Bonchev–Trinajstić information content (AvgIpc) is 2.69. The number of ether oxygens (including phenoxy) is 1. The first-order valence-corrected chi connectivity index (χ1v) is 9.37. The van der Waals surface area contributed by atoms with Gasteiger partial charge in [0.2, 0.25) is 10.0 Å². The molecular formula is C12H21BrN2O3S2. The highest BCUT2D eigenvalue weighted by Crippen LogP contribution is 2.31. The van der Waals surface area contributed by atoms with Gasteiger partial charge < -0.3 is 10.1 Å². The largest absolute Gasteiger partial charge is 0.375 e. The maximum Gasteiger partial charge on any atom is 0.242 e. The van der Waals surface area contributed by atoms with E-state index in [0.717, 1.165) is 4.88 Å². The molecule has 0 aromatic carbocycles. The zero-order valence-corrected chi connectivity index (χ0v) is 15.3. The lowest BCUT2D eigenvalue weighted by Crippen LogP contribution is -2.40. The molecule has 0 aliphatic heterocycles. The number of rotatable bonds is 8. The van der Waals surface area contributed by atoms with Gasteiger partial charge in [-0.05, 0) is 49.8 Å². The summed E-state index contributed by atoms with van der Waals surface area (Å²) in [6.07, 6.45) is 0. The molecule has 0 amide bonds. The topological polar surface area (TPSA) is 67.4 Å². The van der Waals surface area contributed by atoms with Crippen molar-refractivity contribution >= 4 is 37.3 Å². The number of sulfonamides is 1. The second-order valence-electron chi connectivity index (χ2n) is 4.90. The molecule has 5 nitrogen and oxygen atoms in total. The smallest absolute Gasteiger partial charge is 0.242 e. The van der Waals surface area contributed by atoms with Gasteiger partial charge in [0.15, 0.2) is 0 Å². The molecule has 0 saturated heterocycles. The maximum absolute atomic E-state index is 12.3. The molecule has 0 radical (unpaired) electrons. The zero-order valence-electron chi connectivity index (χ0n) is 12.1. The van der Waals surface area contributed by atoms with Crippen LogP contribution in [0.2, 0.25) is 0 Å². The van der Waals surface area contributed by atoms with Crippen molar-refractivity contribution in [1.29, 1.82) is 0 Å².